The Labute approximate surface area is 236 Å². The minimum absolute atomic E-state index is 0.0519. The number of nitrogens with zero attached hydrogens (tertiary/aromatic N) is 3. The van der Waals surface area contributed by atoms with E-state index < -0.39 is 29.6 Å². The third kappa shape index (κ3) is 4.69. The summed E-state index contributed by atoms with van der Waals surface area (Å²) >= 11 is 0. The first-order valence-electron chi connectivity index (χ1n) is 15.1. The van der Waals surface area contributed by atoms with Gasteiger partial charge in [-0.3, -0.25) is 14.4 Å². The summed E-state index contributed by atoms with van der Waals surface area (Å²) in [5.74, 6) is -1.74. The smallest absolute Gasteiger partial charge is 0.249 e. The van der Waals surface area contributed by atoms with E-state index in [-0.39, 0.29) is 30.4 Å². The maximum Gasteiger partial charge on any atom is 0.249 e. The molecule has 1 aliphatic carbocycles. The number of carbonyl (C=O) groups excluding carboxylic acids is 3. The van der Waals surface area contributed by atoms with E-state index in [1.807, 2.05) is 64.4 Å². The van der Waals surface area contributed by atoms with Gasteiger partial charge in [0.15, 0.2) is 0 Å². The van der Waals surface area contributed by atoms with Crippen LogP contribution in [0.2, 0.25) is 0 Å². The summed E-state index contributed by atoms with van der Waals surface area (Å²) in [6.45, 7) is 1.93. The number of ether oxygens (including phenoxy) is 1. The van der Waals surface area contributed by atoms with Gasteiger partial charge in [0.25, 0.3) is 0 Å². The van der Waals surface area contributed by atoms with E-state index in [0.717, 1.165) is 37.7 Å². The zero-order valence-electron chi connectivity index (χ0n) is 23.2. The van der Waals surface area contributed by atoms with Gasteiger partial charge in [-0.1, -0.05) is 73.9 Å². The molecule has 1 aromatic rings. The lowest BCUT2D eigenvalue weighted by atomic mass is 9.77. The zero-order valence-corrected chi connectivity index (χ0v) is 23.2. The molecular weight excluding hydrogens is 506 g/mol. The number of aliphatic hydroxyl groups is 1. The van der Waals surface area contributed by atoms with Crippen LogP contribution in [0.3, 0.4) is 0 Å². The lowest BCUT2D eigenvalue weighted by Gasteiger charge is -2.39. The zero-order chi connectivity index (χ0) is 27.7. The maximum atomic E-state index is 14.4. The van der Waals surface area contributed by atoms with Gasteiger partial charge >= 0.3 is 0 Å². The van der Waals surface area contributed by atoms with Gasteiger partial charge in [-0.2, -0.15) is 0 Å². The van der Waals surface area contributed by atoms with E-state index in [0.29, 0.717) is 39.0 Å². The van der Waals surface area contributed by atoms with Crippen LogP contribution < -0.4 is 0 Å². The van der Waals surface area contributed by atoms with Crippen molar-refractivity contribution in [2.24, 2.45) is 11.8 Å². The molecule has 3 amide bonds. The fourth-order valence-corrected chi connectivity index (χ4v) is 7.68. The Morgan fingerprint density at radius 2 is 1.70 bits per heavy atom. The highest BCUT2D eigenvalue weighted by Gasteiger charge is 2.71. The first-order chi connectivity index (χ1) is 19.5. The number of carbonyl (C=O) groups is 3. The van der Waals surface area contributed by atoms with Crippen molar-refractivity contribution in [3.63, 3.8) is 0 Å². The van der Waals surface area contributed by atoms with E-state index in [1.54, 1.807) is 4.90 Å². The molecule has 1 N–H and O–H groups in total. The average Bonchev–Trinajstić information content (AvgIpc) is 3.29. The highest BCUT2D eigenvalue weighted by molar-refractivity contribution is 5.99. The van der Waals surface area contributed by atoms with Crippen molar-refractivity contribution in [2.45, 2.75) is 81.7 Å². The average molecular weight is 548 g/mol. The van der Waals surface area contributed by atoms with Crippen LogP contribution in [0.15, 0.2) is 54.6 Å². The van der Waals surface area contributed by atoms with E-state index >= 15 is 0 Å². The predicted octanol–water partition coefficient (Wildman–Crippen LogP) is 3.06. The van der Waals surface area contributed by atoms with Crippen molar-refractivity contribution in [3.8, 4) is 0 Å². The van der Waals surface area contributed by atoms with Crippen LogP contribution in [0.1, 0.15) is 56.9 Å². The molecule has 5 aliphatic rings. The Balaban J connectivity index is 1.34. The molecule has 6 rings (SSSR count). The molecule has 8 heteroatoms. The van der Waals surface area contributed by atoms with Gasteiger partial charge in [0.05, 0.1) is 17.9 Å². The van der Waals surface area contributed by atoms with Gasteiger partial charge in [0.2, 0.25) is 17.7 Å². The van der Waals surface area contributed by atoms with Crippen LogP contribution in [-0.2, 0) is 25.7 Å². The lowest BCUT2D eigenvalue weighted by molar-refractivity contribution is -0.150. The summed E-state index contributed by atoms with van der Waals surface area (Å²) in [6, 6.07) is 9.27. The lowest BCUT2D eigenvalue weighted by Crippen LogP contribution is -2.57. The van der Waals surface area contributed by atoms with Crippen molar-refractivity contribution < 1.29 is 24.2 Å². The van der Waals surface area contributed by atoms with Crippen molar-refractivity contribution in [1.29, 1.82) is 0 Å². The van der Waals surface area contributed by atoms with Crippen LogP contribution in [-0.4, -0.2) is 87.6 Å². The standard InChI is InChI=1S/C32H41N3O5/c36-21-9-3-8-19-35-28-31(39)34(24-14-6-2-7-15-24)20-11-17-32(28)27(30(35)38)26-25(40-32)16-10-18-33(29(26)37)22-23-12-4-1-5-13-23/h1,4-5,10-13,16-17,24-28,36H,2-3,6-9,14-15,18-22H2/t25-,26+,27-,28?,32-/m0/s1. The Bertz CT molecular complexity index is 1160. The topological polar surface area (TPSA) is 90.4 Å². The Hall–Kier alpha value is -2.97. The quantitative estimate of drug-likeness (QED) is 0.399. The minimum atomic E-state index is -1.17. The van der Waals surface area contributed by atoms with Crippen molar-refractivity contribution in [2.75, 3.05) is 26.2 Å². The fraction of sp³-hybridized carbons (Fsp3) is 0.594. The van der Waals surface area contributed by atoms with Crippen molar-refractivity contribution in [3.05, 3.63) is 60.2 Å². The second-order valence-electron chi connectivity index (χ2n) is 12.0. The molecule has 0 aromatic heterocycles. The summed E-state index contributed by atoms with van der Waals surface area (Å²) in [6.07, 6.45) is 14.8. The number of unbranched alkanes of at least 4 members (excludes halogenated alkanes) is 2. The normalized spacial score (nSPS) is 32.2. The summed E-state index contributed by atoms with van der Waals surface area (Å²) in [7, 11) is 0. The third-order valence-electron chi connectivity index (χ3n) is 9.56. The van der Waals surface area contributed by atoms with Gasteiger partial charge in [-0.15, -0.1) is 0 Å². The van der Waals surface area contributed by atoms with Crippen molar-refractivity contribution in [1.82, 2.24) is 14.7 Å². The molecule has 214 valence electrons. The highest BCUT2D eigenvalue weighted by atomic mass is 16.5. The molecule has 0 bridgehead atoms. The second-order valence-corrected chi connectivity index (χ2v) is 12.0. The van der Waals surface area contributed by atoms with E-state index in [2.05, 4.69) is 0 Å². The molecule has 1 aromatic carbocycles. The Morgan fingerprint density at radius 3 is 2.48 bits per heavy atom. The number of benzene rings is 1. The number of amides is 3. The van der Waals surface area contributed by atoms with Crippen LogP contribution in [0.25, 0.3) is 0 Å². The molecule has 40 heavy (non-hydrogen) atoms. The van der Waals surface area contributed by atoms with Gasteiger partial charge in [0, 0.05) is 38.8 Å². The van der Waals surface area contributed by atoms with Crippen LogP contribution >= 0.6 is 0 Å². The number of aliphatic hydroxyl groups excluding tert-OH is 1. The Kier molecular flexibility index (Phi) is 7.82. The molecule has 4 aliphatic heterocycles. The van der Waals surface area contributed by atoms with Crippen LogP contribution in [0.4, 0.5) is 0 Å². The first-order valence-corrected chi connectivity index (χ1v) is 15.1. The molecule has 1 unspecified atom stereocenters. The van der Waals surface area contributed by atoms with E-state index in [4.69, 9.17) is 4.74 Å². The molecule has 0 radical (unpaired) electrons. The molecule has 2 saturated heterocycles. The van der Waals surface area contributed by atoms with Gasteiger partial charge < -0.3 is 24.5 Å². The van der Waals surface area contributed by atoms with Crippen molar-refractivity contribution >= 4 is 17.7 Å². The monoisotopic (exact) mass is 547 g/mol. The number of hydrogen-bond acceptors (Lipinski definition) is 5. The second kappa shape index (κ2) is 11.5. The number of likely N-dealkylation sites (tertiary alicyclic amines) is 1. The van der Waals surface area contributed by atoms with Crippen LogP contribution in [0.5, 0.6) is 0 Å². The molecule has 4 heterocycles. The first kappa shape index (κ1) is 27.2. The number of fused-ring (bicyclic) bond motifs is 2. The number of hydrogen-bond donors (Lipinski definition) is 1. The Morgan fingerprint density at radius 1 is 0.900 bits per heavy atom. The molecule has 8 nitrogen and oxygen atoms in total. The molecule has 1 spiro atoms. The number of rotatable bonds is 8. The van der Waals surface area contributed by atoms with Gasteiger partial charge in [-0.25, -0.2) is 0 Å². The minimum Gasteiger partial charge on any atom is -0.396 e. The van der Waals surface area contributed by atoms with Gasteiger partial charge in [0.1, 0.15) is 11.6 Å². The fourth-order valence-electron chi connectivity index (χ4n) is 7.68. The highest BCUT2D eigenvalue weighted by Crippen LogP contribution is 2.53. The SMILES string of the molecule is O=C1[C@@H]2[C@H](C=CCN1Cc1ccccc1)O[C@]13C=CCN(C4CCCCC4)C(=O)C1N(CCCCCO)C(=O)[C@H]23. The largest absolute Gasteiger partial charge is 0.396 e. The summed E-state index contributed by atoms with van der Waals surface area (Å²) in [5.41, 5.74) is -0.134. The molecule has 3 fully saturated rings. The third-order valence-corrected chi connectivity index (χ3v) is 9.56. The van der Waals surface area contributed by atoms with Crippen LogP contribution in [0, 0.1) is 11.8 Å². The predicted molar refractivity (Wildman–Crippen MR) is 150 cm³/mol. The molecule has 1 saturated carbocycles. The van der Waals surface area contributed by atoms with E-state index in [1.165, 1.54) is 6.42 Å². The molecule has 5 atom stereocenters. The summed E-state index contributed by atoms with van der Waals surface area (Å²) < 4.78 is 6.77. The van der Waals surface area contributed by atoms with Gasteiger partial charge in [-0.05, 0) is 37.7 Å². The molecular formula is C32H41N3O5. The summed E-state index contributed by atoms with van der Waals surface area (Å²) in [5, 5.41) is 9.28. The summed E-state index contributed by atoms with van der Waals surface area (Å²) in [4.78, 5) is 48.4. The maximum absolute atomic E-state index is 14.4. The van der Waals surface area contributed by atoms with E-state index in [9.17, 15) is 19.5 Å².